The molecule has 0 aromatic heterocycles. The van der Waals surface area contributed by atoms with Crippen molar-refractivity contribution in [2.75, 3.05) is 0 Å². The van der Waals surface area contributed by atoms with Crippen LogP contribution in [-0.4, -0.2) is 5.91 Å². The number of hydrogen-bond donors (Lipinski definition) is 1. The van der Waals surface area contributed by atoms with Gasteiger partial charge in [0.25, 0.3) is 0 Å². The zero-order chi connectivity index (χ0) is 22.2. The van der Waals surface area contributed by atoms with Crippen LogP contribution in [0.4, 0.5) is 0 Å². The second-order valence-corrected chi connectivity index (χ2v) is 8.49. The number of primary amides is 1. The van der Waals surface area contributed by atoms with Gasteiger partial charge in [-0.3, -0.25) is 4.79 Å². The summed E-state index contributed by atoms with van der Waals surface area (Å²) < 4.78 is 0. The van der Waals surface area contributed by atoms with Gasteiger partial charge in [-0.15, -0.1) is 0 Å². The summed E-state index contributed by atoms with van der Waals surface area (Å²) in [5, 5.41) is 0. The topological polar surface area (TPSA) is 43.1 Å². The van der Waals surface area contributed by atoms with E-state index in [0.29, 0.717) is 0 Å². The zero-order valence-corrected chi connectivity index (χ0v) is 18.5. The Morgan fingerprint density at radius 3 is 2.52 bits per heavy atom. The Balaban J connectivity index is 1.65. The maximum Gasteiger partial charge on any atom is 0.220 e. The third-order valence-electron chi connectivity index (χ3n) is 6.18. The van der Waals surface area contributed by atoms with Crippen LogP contribution in [0.5, 0.6) is 0 Å². The molecule has 1 aliphatic carbocycles. The fourth-order valence-electron chi connectivity index (χ4n) is 4.16. The molecule has 2 aromatic carbocycles. The van der Waals surface area contributed by atoms with Crippen molar-refractivity contribution < 1.29 is 4.79 Å². The molecule has 0 radical (unpaired) electrons. The van der Waals surface area contributed by atoms with Crippen molar-refractivity contribution in [2.45, 2.75) is 44.9 Å². The molecule has 3 rings (SSSR count). The normalized spacial score (nSPS) is 14.7. The Morgan fingerprint density at radius 1 is 1.13 bits per heavy atom. The van der Waals surface area contributed by atoms with Crippen LogP contribution >= 0.6 is 0 Å². The number of amides is 1. The second-order valence-electron chi connectivity index (χ2n) is 8.49. The first-order chi connectivity index (χ1) is 15.0. The summed E-state index contributed by atoms with van der Waals surface area (Å²) in [6.45, 7) is 9.71. The van der Waals surface area contributed by atoms with E-state index in [2.05, 4.69) is 79.9 Å². The Kier molecular flexibility index (Phi) is 7.83. The average molecular weight is 412 g/mol. The zero-order valence-electron chi connectivity index (χ0n) is 18.5. The molecule has 160 valence electrons. The number of allylic oxidation sites excluding steroid dienone is 6. The predicted molar refractivity (Wildman–Crippen MR) is 132 cm³/mol. The van der Waals surface area contributed by atoms with E-state index < -0.39 is 0 Å². The molecule has 2 aromatic rings. The summed E-state index contributed by atoms with van der Waals surface area (Å²) in [5.74, 6) is -0.131. The first kappa shape index (κ1) is 22.6. The number of rotatable bonds is 11. The molecule has 2 N–H and O–H groups in total. The van der Waals surface area contributed by atoms with Crippen molar-refractivity contribution in [2.24, 2.45) is 11.7 Å². The van der Waals surface area contributed by atoms with Gasteiger partial charge in [0.05, 0.1) is 0 Å². The summed E-state index contributed by atoms with van der Waals surface area (Å²) >= 11 is 0. The summed E-state index contributed by atoms with van der Waals surface area (Å²) in [6, 6.07) is 17.5. The van der Waals surface area contributed by atoms with Gasteiger partial charge in [-0.05, 0) is 59.9 Å². The minimum absolute atomic E-state index is 0.143. The maximum atomic E-state index is 11.7. The second kappa shape index (κ2) is 10.8. The molecular formula is C29H33NO. The van der Waals surface area contributed by atoms with Gasteiger partial charge in [-0.25, -0.2) is 0 Å². The van der Waals surface area contributed by atoms with Crippen LogP contribution in [0.25, 0.3) is 5.57 Å². The van der Waals surface area contributed by atoms with Gasteiger partial charge >= 0.3 is 0 Å². The van der Waals surface area contributed by atoms with E-state index in [-0.39, 0.29) is 17.7 Å². The number of carbonyl (C=O) groups excluding carboxylic acids is 1. The Morgan fingerprint density at radius 2 is 1.87 bits per heavy atom. The molecular weight excluding hydrogens is 378 g/mol. The SMILES string of the molecule is C=CC(=C)c1ccc(CCCc2cccc(C(CC(C)C(N)=O)C3=CC=CC3)c2)cc1. The third-order valence-corrected chi connectivity index (χ3v) is 6.18. The van der Waals surface area contributed by atoms with Crippen molar-refractivity contribution >= 4 is 11.5 Å². The molecule has 0 bridgehead atoms. The first-order valence-electron chi connectivity index (χ1n) is 11.1. The lowest BCUT2D eigenvalue weighted by Crippen LogP contribution is -2.23. The first-order valence-corrected chi connectivity index (χ1v) is 11.1. The van der Waals surface area contributed by atoms with Crippen LogP contribution in [0, 0.1) is 5.92 Å². The number of nitrogens with two attached hydrogens (primary N) is 1. The lowest BCUT2D eigenvalue weighted by atomic mass is 9.82. The van der Waals surface area contributed by atoms with Gasteiger partial charge in [0.1, 0.15) is 0 Å². The predicted octanol–water partition coefficient (Wildman–Crippen LogP) is 6.54. The maximum absolute atomic E-state index is 11.7. The molecule has 1 amide bonds. The highest BCUT2D eigenvalue weighted by atomic mass is 16.1. The van der Waals surface area contributed by atoms with Crippen LogP contribution < -0.4 is 5.73 Å². The molecule has 2 atom stereocenters. The van der Waals surface area contributed by atoms with Crippen molar-refractivity contribution in [3.63, 3.8) is 0 Å². The minimum atomic E-state index is -0.226. The Labute approximate surface area is 186 Å². The van der Waals surface area contributed by atoms with E-state index >= 15 is 0 Å². The highest BCUT2D eigenvalue weighted by Crippen LogP contribution is 2.35. The van der Waals surface area contributed by atoms with Gasteiger partial charge in [-0.1, -0.05) is 98.5 Å². The number of hydrogen-bond acceptors (Lipinski definition) is 1. The van der Waals surface area contributed by atoms with Crippen molar-refractivity contribution in [1.82, 2.24) is 0 Å². The van der Waals surface area contributed by atoms with Crippen molar-refractivity contribution in [3.8, 4) is 0 Å². The average Bonchev–Trinajstić information content (AvgIpc) is 3.32. The lowest BCUT2D eigenvalue weighted by molar-refractivity contribution is -0.121. The van der Waals surface area contributed by atoms with Gasteiger partial charge in [0.2, 0.25) is 5.91 Å². The highest BCUT2D eigenvalue weighted by Gasteiger charge is 2.22. The van der Waals surface area contributed by atoms with Gasteiger partial charge in [0, 0.05) is 11.8 Å². The molecule has 2 nitrogen and oxygen atoms in total. The van der Waals surface area contributed by atoms with Crippen LogP contribution in [-0.2, 0) is 17.6 Å². The fraction of sp³-hybridized carbons (Fsp3) is 0.276. The summed E-state index contributed by atoms with van der Waals surface area (Å²) in [4.78, 5) is 11.7. The summed E-state index contributed by atoms with van der Waals surface area (Å²) in [7, 11) is 0. The summed E-state index contributed by atoms with van der Waals surface area (Å²) in [6.07, 6.45) is 13.1. The molecule has 1 aliphatic rings. The van der Waals surface area contributed by atoms with E-state index in [0.717, 1.165) is 43.2 Å². The van der Waals surface area contributed by atoms with Crippen molar-refractivity contribution in [1.29, 1.82) is 0 Å². The quantitative estimate of drug-likeness (QED) is 0.419. The van der Waals surface area contributed by atoms with E-state index in [1.807, 2.05) is 6.92 Å². The molecule has 0 heterocycles. The number of benzene rings is 2. The molecule has 0 spiro atoms. The van der Waals surface area contributed by atoms with Crippen LogP contribution in [0.1, 0.15) is 54.4 Å². The van der Waals surface area contributed by atoms with Crippen LogP contribution in [0.3, 0.4) is 0 Å². The molecule has 2 unspecified atom stereocenters. The number of aryl methyl sites for hydroxylation is 2. The molecule has 0 fully saturated rings. The van der Waals surface area contributed by atoms with Gasteiger partial charge < -0.3 is 5.73 Å². The van der Waals surface area contributed by atoms with Crippen LogP contribution in [0.15, 0.2) is 91.6 Å². The lowest BCUT2D eigenvalue weighted by Gasteiger charge is -2.22. The fourth-order valence-corrected chi connectivity index (χ4v) is 4.16. The van der Waals surface area contributed by atoms with Gasteiger partial charge in [-0.2, -0.15) is 0 Å². The minimum Gasteiger partial charge on any atom is -0.369 e. The summed E-state index contributed by atoms with van der Waals surface area (Å²) in [5.41, 5.74) is 13.0. The Bertz CT molecular complexity index is 994. The molecule has 0 aliphatic heterocycles. The Hall–Kier alpha value is -3.13. The highest BCUT2D eigenvalue weighted by molar-refractivity contribution is 5.76. The van der Waals surface area contributed by atoms with E-state index in [1.54, 1.807) is 6.08 Å². The third kappa shape index (κ3) is 6.18. The van der Waals surface area contributed by atoms with E-state index in [1.165, 1.54) is 22.3 Å². The van der Waals surface area contributed by atoms with E-state index in [4.69, 9.17) is 5.73 Å². The molecule has 0 saturated heterocycles. The van der Waals surface area contributed by atoms with Gasteiger partial charge in [0.15, 0.2) is 0 Å². The number of carbonyl (C=O) groups is 1. The van der Waals surface area contributed by atoms with Crippen molar-refractivity contribution in [3.05, 3.63) is 114 Å². The monoisotopic (exact) mass is 411 g/mol. The largest absolute Gasteiger partial charge is 0.369 e. The molecule has 2 heteroatoms. The molecule has 0 saturated carbocycles. The smallest absolute Gasteiger partial charge is 0.220 e. The van der Waals surface area contributed by atoms with E-state index in [9.17, 15) is 4.79 Å². The standard InChI is InChI=1S/C29H33NO/c1-4-21(2)25-17-15-23(16-18-25)9-7-10-24-11-8-14-27(20-24)28(19-22(3)29(30)31)26-12-5-6-13-26/h4-6,8,11-12,14-18,20,22,28H,1-2,7,9-10,13,19H2,3H3,(H2,30,31). The van der Waals surface area contributed by atoms with Crippen LogP contribution in [0.2, 0.25) is 0 Å². The molecule has 31 heavy (non-hydrogen) atoms.